The molecule has 0 saturated heterocycles. The number of aromatic amines is 2. The largest absolute Gasteiger partial charge is 2.00 e. The van der Waals surface area contributed by atoms with Gasteiger partial charge in [0.1, 0.15) is 11.8 Å². The van der Waals surface area contributed by atoms with E-state index in [2.05, 4.69) is 117 Å². The Bertz CT molecular complexity index is 1600. The van der Waals surface area contributed by atoms with Gasteiger partial charge in [-0.25, -0.2) is 0 Å². The molecule has 0 aromatic carbocycles. The van der Waals surface area contributed by atoms with Crippen LogP contribution in [0, 0.1) is 37.5 Å². The summed E-state index contributed by atoms with van der Waals surface area (Å²) in [5.74, 6) is -1.60. The zero-order valence-electron chi connectivity index (χ0n) is 42.8. The smallest absolute Gasteiger partial charge is 0.480 e. The molecule has 2 heterocycles. The van der Waals surface area contributed by atoms with E-state index in [0.717, 1.165) is 46.0 Å². The summed E-state index contributed by atoms with van der Waals surface area (Å²) in [5, 5.41) is 30.3. The average molecular weight is 1080 g/mol. The Morgan fingerprint density at radius 3 is 1.32 bits per heavy atom. The minimum absolute atomic E-state index is 0. The van der Waals surface area contributed by atoms with Crippen molar-refractivity contribution in [2.45, 2.75) is 199 Å². The molecule has 0 aliphatic heterocycles. The number of hydrogen-bond acceptors (Lipinski definition) is 6. The van der Waals surface area contributed by atoms with Gasteiger partial charge in [-0.05, 0) is 87.0 Å². The summed E-state index contributed by atoms with van der Waals surface area (Å²) in [5.41, 5.74) is 6.80. The van der Waals surface area contributed by atoms with Crippen LogP contribution in [-0.2, 0) is 75.3 Å². The number of aromatic nitrogens is 2. The number of unbranched alkanes of at least 4 members (excludes halogenated alkanes) is 1. The number of carboxylic acid groups (broad SMARTS) is 3. The second-order valence-corrected chi connectivity index (χ2v) is 17.6. The van der Waals surface area contributed by atoms with Gasteiger partial charge >= 0.3 is 45.6 Å². The fourth-order valence-corrected chi connectivity index (χ4v) is 8.16. The fraction of sp³-hybridized carbons (Fsp3) is 0.740. The first-order chi connectivity index (χ1) is 28.9. The predicted molar refractivity (Wildman–Crippen MR) is 254 cm³/mol. The summed E-state index contributed by atoms with van der Waals surface area (Å²) in [7, 11) is 0. The van der Waals surface area contributed by atoms with Crippen molar-refractivity contribution in [3.05, 3.63) is 46.0 Å². The van der Waals surface area contributed by atoms with Crippen LogP contribution in [0.5, 0.6) is 0 Å². The number of carbonyl (C=O) groups excluding carboxylic acids is 2. The van der Waals surface area contributed by atoms with Crippen LogP contribution in [0.3, 0.4) is 0 Å². The maximum Gasteiger partial charge on any atom is 2.00 e. The molecule has 5 atom stereocenters. The number of amides is 1. The maximum atomic E-state index is 12.6. The van der Waals surface area contributed by atoms with Gasteiger partial charge in [0.2, 0.25) is 5.91 Å². The molecular weight excluding hydrogens is 985 g/mol. The number of aliphatic carboxylic acids is 3. The molecule has 12 nitrogen and oxygen atoms in total. The summed E-state index contributed by atoms with van der Waals surface area (Å²) >= 11 is 0. The quantitative estimate of drug-likeness (QED) is 0.0415. The number of hydrogen-bond donors (Lipinski definition) is 6. The van der Waals surface area contributed by atoms with E-state index in [1.807, 2.05) is 20.8 Å². The number of ketones is 1. The van der Waals surface area contributed by atoms with Crippen molar-refractivity contribution in [2.24, 2.45) is 23.7 Å². The minimum Gasteiger partial charge on any atom is -0.480 e. The van der Waals surface area contributed by atoms with Crippen LogP contribution < -0.4 is 5.32 Å². The first-order valence-corrected chi connectivity index (χ1v) is 23.5. The summed E-state index contributed by atoms with van der Waals surface area (Å²) in [4.78, 5) is 65.7. The number of nitrogens with zero attached hydrogens (tertiary/aromatic N) is 1. The third kappa shape index (κ3) is 20.4. The Morgan fingerprint density at radius 2 is 1.02 bits per heavy atom. The van der Waals surface area contributed by atoms with E-state index in [4.69, 9.17) is 10.2 Å². The van der Waals surface area contributed by atoms with Crippen LogP contribution in [0.25, 0.3) is 0 Å². The summed E-state index contributed by atoms with van der Waals surface area (Å²) in [6, 6.07) is 3.12. The molecule has 13 heteroatoms. The third-order valence-electron chi connectivity index (χ3n) is 13.4. The average Bonchev–Trinajstić information content (AvgIpc) is 3.77. The first-order valence-electron chi connectivity index (χ1n) is 23.5. The van der Waals surface area contributed by atoms with Gasteiger partial charge in [0.05, 0.1) is 19.5 Å². The molecule has 0 saturated carbocycles. The van der Waals surface area contributed by atoms with E-state index in [9.17, 15) is 29.1 Å². The van der Waals surface area contributed by atoms with Crippen LogP contribution in [-0.4, -0.2) is 85.5 Å². The van der Waals surface area contributed by atoms with Crippen molar-refractivity contribution >= 4 is 29.6 Å². The molecule has 2 aromatic rings. The number of aryl methyl sites for hydroxylation is 2. The molecule has 0 aliphatic rings. The molecule has 2 rings (SSSR count). The zero-order valence-corrected chi connectivity index (χ0v) is 48.3. The monoisotopic (exact) mass is 1080 g/mol. The van der Waals surface area contributed by atoms with Crippen LogP contribution in [0.15, 0.2) is 12.1 Å². The Morgan fingerprint density at radius 1 is 0.667 bits per heavy atom. The van der Waals surface area contributed by atoms with Crippen LogP contribution >= 0.6 is 0 Å². The van der Waals surface area contributed by atoms with Crippen molar-refractivity contribution < 1.29 is 67.0 Å². The van der Waals surface area contributed by atoms with Crippen molar-refractivity contribution in [1.82, 2.24) is 20.2 Å². The van der Waals surface area contributed by atoms with E-state index in [1.165, 1.54) is 25.0 Å². The molecule has 1 amide bonds. The Kier molecular flexibility index (Phi) is 33.3. The van der Waals surface area contributed by atoms with Crippen LogP contribution in [0.4, 0.5) is 0 Å². The van der Waals surface area contributed by atoms with E-state index in [-0.39, 0.29) is 63.0 Å². The summed E-state index contributed by atoms with van der Waals surface area (Å²) in [6.07, 6.45) is 7.44. The molecule has 5 unspecified atom stereocenters. The van der Waals surface area contributed by atoms with E-state index >= 15 is 0 Å². The molecule has 0 radical (unpaired) electrons. The van der Waals surface area contributed by atoms with Gasteiger partial charge in [-0.3, -0.25) is 28.9 Å². The molecule has 6 N–H and O–H groups in total. The van der Waals surface area contributed by atoms with Gasteiger partial charge in [-0.2, -0.15) is 0 Å². The van der Waals surface area contributed by atoms with Crippen molar-refractivity contribution in [2.75, 3.05) is 19.6 Å². The molecule has 0 fully saturated rings. The molecule has 2 aromatic heterocycles. The van der Waals surface area contributed by atoms with E-state index in [0.29, 0.717) is 49.5 Å². The van der Waals surface area contributed by atoms with Crippen molar-refractivity contribution in [3.8, 4) is 0 Å². The van der Waals surface area contributed by atoms with E-state index in [1.54, 1.807) is 6.92 Å². The van der Waals surface area contributed by atoms with Gasteiger partial charge in [-0.1, -0.05) is 129 Å². The maximum absolute atomic E-state index is 12.6. The fourth-order valence-electron chi connectivity index (χ4n) is 8.16. The number of carbonyl (C=O) groups is 5. The minimum atomic E-state index is -1.29. The summed E-state index contributed by atoms with van der Waals surface area (Å²) < 4.78 is 0. The number of nitrogens with one attached hydrogen (secondary N) is 3. The molecular formula is C50H90HgN4O8+2. The molecule has 0 bridgehead atoms. The van der Waals surface area contributed by atoms with Gasteiger partial charge in [0.15, 0.2) is 0 Å². The standard InChI is InChI=1S/C27H45N3O7.C18H31NO.C3H8.C2H6.Hg/c1-7-17(3)27(6,18(4)8-2)22-13-20(19(5)29-22)14-23(31)28-12-10-9-11-21(26(36)37)30(15-24(32)33)16-25(34)35;1-8-12(3)18(7,13(4)9-2)17-11-16(10-14(5)20)15(6)19-17;1-3-2;1-2;/h13,17-18,21,29H,7-12,14-16H2,1-6H3,(H,28,31)(H,32,33)(H,34,35)(H,36,37);11-13,19H,8-10H2,1-7H3;3H2,1-2H3;1-2H3;/q;;;;+2. The van der Waals surface area contributed by atoms with E-state index < -0.39 is 37.0 Å². The van der Waals surface area contributed by atoms with Crippen molar-refractivity contribution in [3.63, 3.8) is 0 Å². The number of H-pyrrole nitrogens is 2. The van der Waals surface area contributed by atoms with Gasteiger partial charge in [0, 0.05) is 46.6 Å². The normalized spacial score (nSPS) is 15.1. The first kappa shape index (κ1) is 64.3. The SMILES string of the molecule is CC.CCC.CCC(C)C(C)(c1cc(CC(=O)NCCCCC(C(=O)O)N(CC(=O)O)CC(=O)O)c(C)[nH]1)C(C)CC.CCC(C)C(C)(c1cc(CC(C)=O)c(C)[nH]1)C(C)CC.[Hg+2]. The molecule has 63 heavy (non-hydrogen) atoms. The molecule has 0 aliphatic carbocycles. The Labute approximate surface area is 402 Å². The Hall–Kier alpha value is -2.99. The van der Waals surface area contributed by atoms with Gasteiger partial charge in [-0.15, -0.1) is 0 Å². The number of carboxylic acids is 3. The van der Waals surface area contributed by atoms with Crippen LogP contribution in [0.1, 0.15) is 189 Å². The topological polar surface area (TPSA) is 193 Å². The van der Waals surface area contributed by atoms with Gasteiger partial charge in [0.25, 0.3) is 0 Å². The number of Topliss-reactive ketones (excluding diaryl/α,β-unsaturated/α-hetero) is 1. The second-order valence-electron chi connectivity index (χ2n) is 17.6. The van der Waals surface area contributed by atoms with Crippen molar-refractivity contribution in [1.29, 1.82) is 0 Å². The Balaban J connectivity index is -0.00000116. The van der Waals surface area contributed by atoms with Gasteiger partial charge < -0.3 is 30.6 Å². The third-order valence-corrected chi connectivity index (χ3v) is 13.4. The second kappa shape index (κ2) is 32.6. The predicted octanol–water partition coefficient (Wildman–Crippen LogP) is 10.7. The van der Waals surface area contributed by atoms with Crippen LogP contribution in [0.2, 0.25) is 0 Å². The zero-order chi connectivity index (χ0) is 48.5. The number of rotatable bonds is 25. The molecule has 0 spiro atoms. The molecule has 358 valence electrons. The summed E-state index contributed by atoms with van der Waals surface area (Å²) in [6.45, 7) is 35.8.